The van der Waals surface area contributed by atoms with Crippen molar-refractivity contribution in [2.24, 2.45) is 5.92 Å². The fourth-order valence-corrected chi connectivity index (χ4v) is 15.0. The highest BCUT2D eigenvalue weighted by atomic mass is 31.2. The van der Waals surface area contributed by atoms with Crippen LogP contribution >= 0.6 is 15.6 Å². The molecule has 0 saturated carbocycles. The lowest BCUT2D eigenvalue weighted by molar-refractivity contribution is -0.161. The minimum atomic E-state index is -4.97. The van der Waals surface area contributed by atoms with Crippen LogP contribution < -0.4 is 0 Å². The molecule has 0 aliphatic heterocycles. The third kappa shape index (κ3) is 78.5. The summed E-state index contributed by atoms with van der Waals surface area (Å²) in [6.45, 7) is 7.39. The molecule has 0 saturated heterocycles. The van der Waals surface area contributed by atoms with Crippen molar-refractivity contribution >= 4 is 39.5 Å². The van der Waals surface area contributed by atoms with Gasteiger partial charge in [-0.15, -0.1) is 0 Å². The van der Waals surface area contributed by atoms with Crippen LogP contribution in [0.1, 0.15) is 465 Å². The average molecular weight is 1540 g/mol. The summed E-state index contributed by atoms with van der Waals surface area (Å²) in [4.78, 5) is 73.2. The Labute approximate surface area is 645 Å². The maximum atomic E-state index is 13.2. The number of aliphatic hydroxyl groups is 1. The van der Waals surface area contributed by atoms with Gasteiger partial charge in [0.25, 0.3) is 0 Å². The molecule has 0 aliphatic rings. The maximum absolute atomic E-state index is 13.2. The predicted octanol–water partition coefficient (Wildman–Crippen LogP) is 26.4. The fourth-order valence-electron chi connectivity index (χ4n) is 13.4. The van der Waals surface area contributed by atoms with E-state index in [2.05, 4.69) is 34.6 Å². The highest BCUT2D eigenvalue weighted by molar-refractivity contribution is 7.47. The van der Waals surface area contributed by atoms with Gasteiger partial charge >= 0.3 is 39.5 Å². The second-order valence-electron chi connectivity index (χ2n) is 31.2. The zero-order valence-electron chi connectivity index (χ0n) is 68.9. The molecule has 0 aromatic rings. The molecule has 105 heavy (non-hydrogen) atoms. The largest absolute Gasteiger partial charge is 0.472 e. The Morgan fingerprint density at radius 1 is 0.267 bits per heavy atom. The van der Waals surface area contributed by atoms with Gasteiger partial charge in [-0.25, -0.2) is 9.13 Å². The minimum Gasteiger partial charge on any atom is -0.462 e. The van der Waals surface area contributed by atoms with Gasteiger partial charge in [-0.3, -0.25) is 37.3 Å². The first kappa shape index (κ1) is 103. The van der Waals surface area contributed by atoms with Gasteiger partial charge < -0.3 is 33.8 Å². The van der Waals surface area contributed by atoms with Crippen LogP contribution in [-0.4, -0.2) is 96.7 Å². The summed E-state index contributed by atoms with van der Waals surface area (Å²) in [6, 6.07) is 0. The van der Waals surface area contributed by atoms with Gasteiger partial charge in [-0.1, -0.05) is 413 Å². The monoisotopic (exact) mass is 1540 g/mol. The van der Waals surface area contributed by atoms with Crippen molar-refractivity contribution in [1.82, 2.24) is 0 Å². The van der Waals surface area contributed by atoms with Crippen LogP contribution in [0.3, 0.4) is 0 Å². The highest BCUT2D eigenvalue weighted by Gasteiger charge is 2.30. The number of hydrogen-bond acceptors (Lipinski definition) is 15. The summed E-state index contributed by atoms with van der Waals surface area (Å²) in [5.74, 6) is -1.30. The molecule has 0 aromatic carbocycles. The Morgan fingerprint density at radius 2 is 0.457 bits per heavy atom. The Morgan fingerprint density at radius 3 is 0.676 bits per heavy atom. The van der Waals surface area contributed by atoms with Crippen LogP contribution in [0.15, 0.2) is 0 Å². The molecule has 0 bridgehead atoms. The number of hydrogen-bond donors (Lipinski definition) is 3. The van der Waals surface area contributed by atoms with Crippen LogP contribution in [0.5, 0.6) is 0 Å². The van der Waals surface area contributed by atoms with Gasteiger partial charge in [0.15, 0.2) is 12.2 Å². The zero-order chi connectivity index (χ0) is 76.9. The van der Waals surface area contributed by atoms with E-state index in [1.165, 1.54) is 289 Å². The second-order valence-corrected chi connectivity index (χ2v) is 34.1. The molecule has 19 heteroatoms. The highest BCUT2D eigenvalue weighted by Crippen LogP contribution is 2.45. The van der Waals surface area contributed by atoms with E-state index >= 15 is 0 Å². The van der Waals surface area contributed by atoms with Crippen LogP contribution in [0.2, 0.25) is 0 Å². The third-order valence-electron chi connectivity index (χ3n) is 20.6. The summed E-state index contributed by atoms with van der Waals surface area (Å²) in [7, 11) is -9.93. The van der Waals surface area contributed by atoms with E-state index in [1.54, 1.807) is 0 Å². The van der Waals surface area contributed by atoms with E-state index in [0.717, 1.165) is 95.8 Å². The number of phosphoric acid groups is 2. The molecule has 6 atom stereocenters. The summed E-state index contributed by atoms with van der Waals surface area (Å²) in [5.41, 5.74) is 0. The molecule has 17 nitrogen and oxygen atoms in total. The van der Waals surface area contributed by atoms with Gasteiger partial charge in [0, 0.05) is 25.7 Å². The van der Waals surface area contributed by atoms with Crippen molar-refractivity contribution in [2.75, 3.05) is 39.6 Å². The molecule has 0 aromatic heterocycles. The van der Waals surface area contributed by atoms with E-state index in [1.807, 2.05) is 0 Å². The van der Waals surface area contributed by atoms with E-state index in [0.29, 0.717) is 25.7 Å². The van der Waals surface area contributed by atoms with Crippen molar-refractivity contribution in [1.29, 1.82) is 0 Å². The summed E-state index contributed by atoms with van der Waals surface area (Å²) < 4.78 is 68.9. The third-order valence-corrected chi connectivity index (χ3v) is 22.5. The van der Waals surface area contributed by atoms with Crippen molar-refractivity contribution in [3.05, 3.63) is 0 Å². The van der Waals surface area contributed by atoms with Gasteiger partial charge in [0.05, 0.1) is 26.4 Å². The number of rotatable bonds is 86. The molecule has 0 aliphatic carbocycles. The van der Waals surface area contributed by atoms with Crippen molar-refractivity contribution in [3.8, 4) is 0 Å². The van der Waals surface area contributed by atoms with Crippen molar-refractivity contribution < 1.29 is 80.2 Å². The second kappa shape index (κ2) is 78.7. The molecule has 0 rings (SSSR count). The summed E-state index contributed by atoms with van der Waals surface area (Å²) in [6.07, 6.45) is 72.1. The fraction of sp³-hybridized carbons (Fsp3) is 0.953. The molecule has 0 spiro atoms. The lowest BCUT2D eigenvalue weighted by atomic mass is 9.99. The number of carbonyl (C=O) groups is 4. The van der Waals surface area contributed by atoms with E-state index in [4.69, 9.17) is 37.0 Å². The van der Waals surface area contributed by atoms with Crippen molar-refractivity contribution in [3.63, 3.8) is 0 Å². The average Bonchev–Trinajstić information content (AvgIpc) is 0.907. The molecule has 0 amide bonds. The van der Waals surface area contributed by atoms with Gasteiger partial charge in [-0.05, 0) is 31.6 Å². The number of esters is 4. The maximum Gasteiger partial charge on any atom is 0.472 e. The Balaban J connectivity index is 5.24. The van der Waals surface area contributed by atoms with Crippen molar-refractivity contribution in [2.45, 2.75) is 483 Å². The molecular weight excluding hydrogens is 1370 g/mol. The molecular formula is C86H168O17P2. The summed E-state index contributed by atoms with van der Waals surface area (Å²) >= 11 is 0. The van der Waals surface area contributed by atoms with Gasteiger partial charge in [0.2, 0.25) is 0 Å². The Bertz CT molecular complexity index is 2000. The number of carbonyl (C=O) groups excluding carboxylic acids is 4. The smallest absolute Gasteiger partial charge is 0.462 e. The van der Waals surface area contributed by atoms with Crippen LogP contribution in [0, 0.1) is 5.92 Å². The molecule has 0 heterocycles. The lowest BCUT2D eigenvalue weighted by Crippen LogP contribution is -2.30. The Kier molecular flexibility index (Phi) is 77.3. The number of phosphoric ester groups is 2. The van der Waals surface area contributed by atoms with E-state index in [-0.39, 0.29) is 25.7 Å². The molecule has 3 unspecified atom stereocenters. The standard InChI is InChI=1S/C86H168O17P2/c1-6-10-13-16-19-22-25-28-30-32-34-35-36-38-40-42-45-51-56-61-66-71-85(90)102-81(75-97-84(89)70-65-60-55-50-44-41-39-37-33-31-29-26-23-20-17-14-11-7-2)77-100-104(92,93)98-73-80(87)74-99-105(94,95)101-78-82(76-96-83(88)69-64-59-54-49-43-27-24-21-18-15-12-8-3)103-86(91)72-67-62-57-52-47-46-48-53-58-63-68-79(5)9-4/h79-82,87H,6-78H2,1-5H3,(H,92,93)(H,94,95)/t79?,80-,81-,82-/m1/s1. The minimum absolute atomic E-state index is 0.107. The zero-order valence-corrected chi connectivity index (χ0v) is 70.7. The topological polar surface area (TPSA) is 237 Å². The molecule has 624 valence electrons. The van der Waals surface area contributed by atoms with E-state index < -0.39 is 97.5 Å². The normalized spacial score (nSPS) is 14.0. The molecule has 0 radical (unpaired) electrons. The van der Waals surface area contributed by atoms with Crippen LogP contribution in [0.4, 0.5) is 0 Å². The number of ether oxygens (including phenoxy) is 4. The van der Waals surface area contributed by atoms with Gasteiger partial charge in [0.1, 0.15) is 19.3 Å². The van der Waals surface area contributed by atoms with Crippen LogP contribution in [0.25, 0.3) is 0 Å². The van der Waals surface area contributed by atoms with Gasteiger partial charge in [-0.2, -0.15) is 0 Å². The quantitative estimate of drug-likeness (QED) is 0.0222. The molecule has 3 N–H and O–H groups in total. The summed E-state index contributed by atoms with van der Waals surface area (Å²) in [5, 5.41) is 10.7. The molecule has 0 fully saturated rings. The Hall–Kier alpha value is -1.94. The SMILES string of the molecule is CCCCCCCCCCCCCCCCCCCCCCCC(=O)O[C@H](COC(=O)CCCCCCCCCCCCCCCCCCCC)COP(=O)(O)OC[C@@H](O)COP(=O)(O)OC[C@@H](COC(=O)CCCCCCCCCCCCCC)OC(=O)CCCCCCCCCCCCC(C)CC. The first-order valence-corrected chi connectivity index (χ1v) is 47.7. The number of aliphatic hydroxyl groups excluding tert-OH is 1. The number of unbranched alkanes of at least 4 members (excludes halogenated alkanes) is 57. The first-order valence-electron chi connectivity index (χ1n) is 44.7. The van der Waals surface area contributed by atoms with Crippen LogP contribution in [-0.2, 0) is 65.4 Å². The predicted molar refractivity (Wildman–Crippen MR) is 432 cm³/mol. The van der Waals surface area contributed by atoms with E-state index in [9.17, 15) is 43.2 Å². The lowest BCUT2D eigenvalue weighted by Gasteiger charge is -2.21. The first-order chi connectivity index (χ1) is 51.1.